The molecule has 1 aromatic carbocycles. The first-order valence-corrected chi connectivity index (χ1v) is 7.40. The van der Waals surface area contributed by atoms with E-state index in [1.807, 2.05) is 36.4 Å². The Labute approximate surface area is 131 Å². The van der Waals surface area contributed by atoms with Gasteiger partial charge < -0.3 is 14.8 Å². The average Bonchev–Trinajstić information content (AvgIpc) is 2.36. The molecule has 0 aliphatic carbocycles. The standard InChI is InChI=1S/C13H17IN2O4/c1-13(2)8-15-6-10(20-13)7-19-12-4-3-9(16(17)18)5-11(12)14/h3-5,10,15H,6-8H2,1-2H3. The van der Waals surface area contributed by atoms with Crippen molar-refractivity contribution in [3.8, 4) is 5.75 Å². The van der Waals surface area contributed by atoms with Gasteiger partial charge in [-0.3, -0.25) is 10.1 Å². The summed E-state index contributed by atoms with van der Waals surface area (Å²) in [6, 6.07) is 4.57. The average molecular weight is 392 g/mol. The third-order valence-corrected chi connectivity index (χ3v) is 3.80. The van der Waals surface area contributed by atoms with Gasteiger partial charge in [-0.15, -0.1) is 0 Å². The predicted molar refractivity (Wildman–Crippen MR) is 83.1 cm³/mol. The quantitative estimate of drug-likeness (QED) is 0.484. The van der Waals surface area contributed by atoms with Gasteiger partial charge in [0.2, 0.25) is 0 Å². The third kappa shape index (κ3) is 4.03. The van der Waals surface area contributed by atoms with Crippen LogP contribution in [0.15, 0.2) is 18.2 Å². The van der Waals surface area contributed by atoms with Crippen LogP contribution >= 0.6 is 22.6 Å². The van der Waals surface area contributed by atoms with E-state index in [0.717, 1.165) is 16.7 Å². The minimum absolute atomic E-state index is 0.0234. The highest BCUT2D eigenvalue weighted by molar-refractivity contribution is 14.1. The van der Waals surface area contributed by atoms with Crippen LogP contribution in [0, 0.1) is 13.7 Å². The van der Waals surface area contributed by atoms with Crippen molar-refractivity contribution >= 4 is 28.3 Å². The molecule has 110 valence electrons. The van der Waals surface area contributed by atoms with Crippen molar-refractivity contribution < 1.29 is 14.4 Å². The zero-order valence-corrected chi connectivity index (χ0v) is 13.5. The molecule has 1 atom stereocenters. The third-order valence-electron chi connectivity index (χ3n) is 2.96. The number of nitrogens with one attached hydrogen (secondary N) is 1. The Morgan fingerprint density at radius 2 is 2.35 bits per heavy atom. The lowest BCUT2D eigenvalue weighted by atomic mass is 10.1. The SMILES string of the molecule is CC1(C)CNCC(COc2ccc([N+](=O)[O-])cc2I)O1. The van der Waals surface area contributed by atoms with Gasteiger partial charge in [0, 0.05) is 25.2 Å². The van der Waals surface area contributed by atoms with Crippen molar-refractivity contribution in [3.63, 3.8) is 0 Å². The lowest BCUT2D eigenvalue weighted by Gasteiger charge is -2.36. The first-order valence-electron chi connectivity index (χ1n) is 6.33. The molecule has 0 amide bonds. The fraction of sp³-hybridized carbons (Fsp3) is 0.538. The molecule has 1 aliphatic rings. The Morgan fingerprint density at radius 3 is 2.95 bits per heavy atom. The van der Waals surface area contributed by atoms with Crippen LogP contribution in [-0.2, 0) is 4.74 Å². The number of hydrogen-bond acceptors (Lipinski definition) is 5. The molecular weight excluding hydrogens is 375 g/mol. The Bertz CT molecular complexity index is 507. The summed E-state index contributed by atoms with van der Waals surface area (Å²) in [5.74, 6) is 0.642. The van der Waals surface area contributed by atoms with E-state index in [1.54, 1.807) is 6.07 Å². The van der Waals surface area contributed by atoms with Crippen LogP contribution in [0.5, 0.6) is 5.75 Å². The van der Waals surface area contributed by atoms with Crippen molar-refractivity contribution in [3.05, 3.63) is 31.9 Å². The summed E-state index contributed by atoms with van der Waals surface area (Å²) in [7, 11) is 0. The van der Waals surface area contributed by atoms with Crippen molar-refractivity contribution in [2.75, 3.05) is 19.7 Å². The predicted octanol–water partition coefficient (Wildman–Crippen LogP) is 2.35. The van der Waals surface area contributed by atoms with Gasteiger partial charge >= 0.3 is 0 Å². The second-order valence-corrected chi connectivity index (χ2v) is 6.48. The highest BCUT2D eigenvalue weighted by atomic mass is 127. The summed E-state index contributed by atoms with van der Waals surface area (Å²) in [5.41, 5.74) is -0.131. The van der Waals surface area contributed by atoms with E-state index in [2.05, 4.69) is 5.32 Å². The number of nitro benzene ring substituents is 1. The summed E-state index contributed by atoms with van der Waals surface area (Å²) in [5, 5.41) is 14.0. The van der Waals surface area contributed by atoms with Crippen molar-refractivity contribution in [1.82, 2.24) is 5.32 Å². The lowest BCUT2D eigenvalue weighted by molar-refractivity contribution is -0.385. The highest BCUT2D eigenvalue weighted by Crippen LogP contribution is 2.26. The van der Waals surface area contributed by atoms with Crippen LogP contribution in [-0.4, -0.2) is 36.3 Å². The Morgan fingerprint density at radius 1 is 1.60 bits per heavy atom. The number of rotatable bonds is 4. The van der Waals surface area contributed by atoms with Crippen LogP contribution in [0.25, 0.3) is 0 Å². The molecule has 1 unspecified atom stereocenters. The van der Waals surface area contributed by atoms with Gasteiger partial charge in [-0.1, -0.05) is 0 Å². The zero-order valence-electron chi connectivity index (χ0n) is 11.4. The van der Waals surface area contributed by atoms with E-state index in [-0.39, 0.29) is 17.4 Å². The van der Waals surface area contributed by atoms with Gasteiger partial charge in [-0.2, -0.15) is 0 Å². The normalized spacial score (nSPS) is 21.4. The van der Waals surface area contributed by atoms with Crippen LogP contribution in [0.1, 0.15) is 13.8 Å². The molecule has 1 saturated heterocycles. The van der Waals surface area contributed by atoms with Gasteiger partial charge in [0.1, 0.15) is 18.5 Å². The lowest BCUT2D eigenvalue weighted by Crippen LogP contribution is -2.52. The molecule has 0 spiro atoms. The zero-order chi connectivity index (χ0) is 14.8. The molecular formula is C13H17IN2O4. The number of ether oxygens (including phenoxy) is 2. The van der Waals surface area contributed by atoms with Gasteiger partial charge in [-0.25, -0.2) is 0 Å². The molecule has 6 nitrogen and oxygen atoms in total. The van der Waals surface area contributed by atoms with Gasteiger partial charge in [0.05, 0.1) is 14.1 Å². The Kier molecular flexibility index (Phi) is 4.82. The monoisotopic (exact) mass is 392 g/mol. The second kappa shape index (κ2) is 6.23. The highest BCUT2D eigenvalue weighted by Gasteiger charge is 2.28. The van der Waals surface area contributed by atoms with Crippen molar-refractivity contribution in [2.24, 2.45) is 0 Å². The van der Waals surface area contributed by atoms with E-state index in [1.165, 1.54) is 12.1 Å². The van der Waals surface area contributed by atoms with Crippen molar-refractivity contribution in [1.29, 1.82) is 0 Å². The minimum Gasteiger partial charge on any atom is -0.490 e. The molecule has 0 aromatic heterocycles. The molecule has 0 bridgehead atoms. The van der Waals surface area contributed by atoms with E-state index >= 15 is 0 Å². The molecule has 0 saturated carbocycles. The molecule has 1 N–H and O–H groups in total. The Balaban J connectivity index is 1.95. The molecule has 2 rings (SSSR count). The van der Waals surface area contributed by atoms with Gasteiger partial charge in [0.15, 0.2) is 0 Å². The maximum atomic E-state index is 10.7. The molecule has 1 fully saturated rings. The maximum Gasteiger partial charge on any atom is 0.270 e. The first-order chi connectivity index (χ1) is 9.37. The van der Waals surface area contributed by atoms with Crippen LogP contribution in [0.3, 0.4) is 0 Å². The fourth-order valence-corrected chi connectivity index (χ4v) is 2.72. The molecule has 7 heteroatoms. The molecule has 0 radical (unpaired) electrons. The summed E-state index contributed by atoms with van der Waals surface area (Å²) >= 11 is 2.03. The molecule has 1 aliphatic heterocycles. The summed E-state index contributed by atoms with van der Waals surface area (Å²) in [4.78, 5) is 10.3. The molecule has 20 heavy (non-hydrogen) atoms. The maximum absolute atomic E-state index is 10.7. The van der Waals surface area contributed by atoms with E-state index in [9.17, 15) is 10.1 Å². The van der Waals surface area contributed by atoms with E-state index in [0.29, 0.717) is 12.4 Å². The first kappa shape index (κ1) is 15.5. The number of hydrogen-bond donors (Lipinski definition) is 1. The topological polar surface area (TPSA) is 73.6 Å². The summed E-state index contributed by atoms with van der Waals surface area (Å²) in [6.45, 7) is 6.04. The summed E-state index contributed by atoms with van der Waals surface area (Å²) < 4.78 is 12.3. The molecule has 1 heterocycles. The summed E-state index contributed by atoms with van der Waals surface area (Å²) in [6.07, 6.45) is -0.0234. The Hall–Kier alpha value is -0.930. The largest absolute Gasteiger partial charge is 0.490 e. The van der Waals surface area contributed by atoms with Crippen LogP contribution in [0.2, 0.25) is 0 Å². The van der Waals surface area contributed by atoms with Crippen molar-refractivity contribution in [2.45, 2.75) is 25.6 Å². The number of morpholine rings is 1. The van der Waals surface area contributed by atoms with Gasteiger partial charge in [0.25, 0.3) is 5.69 Å². The van der Waals surface area contributed by atoms with E-state index < -0.39 is 4.92 Å². The smallest absolute Gasteiger partial charge is 0.270 e. The number of non-ortho nitro benzene ring substituents is 1. The van der Waals surface area contributed by atoms with Crippen LogP contribution < -0.4 is 10.1 Å². The fourth-order valence-electron chi connectivity index (χ4n) is 2.06. The number of nitrogens with zero attached hydrogens (tertiary/aromatic N) is 1. The van der Waals surface area contributed by atoms with Crippen LogP contribution in [0.4, 0.5) is 5.69 Å². The minimum atomic E-state index is -0.414. The van der Waals surface area contributed by atoms with E-state index in [4.69, 9.17) is 9.47 Å². The van der Waals surface area contributed by atoms with Gasteiger partial charge in [-0.05, 0) is 42.5 Å². The second-order valence-electron chi connectivity index (χ2n) is 5.31. The number of benzene rings is 1. The number of nitro groups is 1. The number of halogens is 1. The molecule has 1 aromatic rings.